The van der Waals surface area contributed by atoms with Gasteiger partial charge in [0, 0.05) is 17.5 Å². The number of nitrogens with zero attached hydrogens (tertiary/aromatic N) is 2. The number of benzene rings is 2. The quantitative estimate of drug-likeness (QED) is 0.176. The first kappa shape index (κ1) is 29.3. The van der Waals surface area contributed by atoms with Crippen molar-refractivity contribution < 1.29 is 5.11 Å². The number of para-hydroxylation sites is 1. The third-order valence-corrected chi connectivity index (χ3v) is 7.59. The molecule has 0 spiro atoms. The normalized spacial score (nSPS) is 12.5. The SMILES string of the molecule is CCCCCCCCN(CCCCCCCC)CC(O)c1cc(-c2ccccc2)nc2c(C)cccc12. The van der Waals surface area contributed by atoms with E-state index in [1.165, 1.54) is 77.0 Å². The highest BCUT2D eigenvalue weighted by atomic mass is 16.3. The van der Waals surface area contributed by atoms with Gasteiger partial charge in [-0.05, 0) is 50.0 Å². The predicted octanol–water partition coefficient (Wildman–Crippen LogP) is 9.27. The lowest BCUT2D eigenvalue weighted by Gasteiger charge is -2.26. The van der Waals surface area contributed by atoms with E-state index in [-0.39, 0.29) is 0 Å². The molecule has 0 aliphatic carbocycles. The number of hydrogen-bond acceptors (Lipinski definition) is 3. The molecule has 0 saturated heterocycles. The van der Waals surface area contributed by atoms with Crippen LogP contribution in [0.15, 0.2) is 54.6 Å². The third kappa shape index (κ3) is 9.54. The first-order valence-electron chi connectivity index (χ1n) is 15.0. The van der Waals surface area contributed by atoms with Gasteiger partial charge in [0.2, 0.25) is 0 Å². The number of fused-ring (bicyclic) bond motifs is 1. The van der Waals surface area contributed by atoms with Gasteiger partial charge in [0.25, 0.3) is 0 Å². The van der Waals surface area contributed by atoms with Crippen molar-refractivity contribution in [2.45, 2.75) is 104 Å². The monoisotopic (exact) mass is 502 g/mol. The molecule has 3 rings (SSSR count). The van der Waals surface area contributed by atoms with Gasteiger partial charge in [-0.25, -0.2) is 4.98 Å². The summed E-state index contributed by atoms with van der Waals surface area (Å²) in [5.41, 5.74) is 5.19. The lowest BCUT2D eigenvalue weighted by Crippen LogP contribution is -2.31. The average Bonchev–Trinajstić information content (AvgIpc) is 2.92. The van der Waals surface area contributed by atoms with E-state index in [1.54, 1.807) is 0 Å². The van der Waals surface area contributed by atoms with Crippen LogP contribution in [0.5, 0.6) is 0 Å². The second-order valence-electron chi connectivity index (χ2n) is 10.8. The molecule has 0 radical (unpaired) electrons. The number of pyridine rings is 1. The zero-order valence-electron chi connectivity index (χ0n) is 23.7. The van der Waals surface area contributed by atoms with Gasteiger partial charge in [-0.1, -0.05) is 127 Å². The molecule has 0 amide bonds. The molecular formula is C34H50N2O. The summed E-state index contributed by atoms with van der Waals surface area (Å²) in [7, 11) is 0. The van der Waals surface area contributed by atoms with E-state index in [1.807, 2.05) is 6.07 Å². The Labute approximate surface area is 226 Å². The highest BCUT2D eigenvalue weighted by Gasteiger charge is 2.19. The summed E-state index contributed by atoms with van der Waals surface area (Å²) in [5.74, 6) is 0. The molecule has 0 fully saturated rings. The Morgan fingerprint density at radius 1 is 0.730 bits per heavy atom. The van der Waals surface area contributed by atoms with Gasteiger partial charge in [-0.15, -0.1) is 0 Å². The van der Waals surface area contributed by atoms with E-state index in [9.17, 15) is 5.11 Å². The first-order valence-corrected chi connectivity index (χ1v) is 15.0. The maximum absolute atomic E-state index is 11.6. The molecule has 0 aliphatic heterocycles. The Hall–Kier alpha value is -2.23. The zero-order valence-corrected chi connectivity index (χ0v) is 23.7. The number of aromatic nitrogens is 1. The molecule has 0 bridgehead atoms. The molecule has 0 aliphatic rings. The minimum absolute atomic E-state index is 0.532. The lowest BCUT2D eigenvalue weighted by molar-refractivity contribution is 0.111. The van der Waals surface area contributed by atoms with Crippen LogP contribution >= 0.6 is 0 Å². The van der Waals surface area contributed by atoms with Crippen LogP contribution < -0.4 is 0 Å². The Morgan fingerprint density at radius 2 is 1.32 bits per heavy atom. The topological polar surface area (TPSA) is 36.4 Å². The van der Waals surface area contributed by atoms with Crippen LogP contribution in [0, 0.1) is 6.92 Å². The van der Waals surface area contributed by atoms with Crippen molar-refractivity contribution in [3.05, 3.63) is 65.7 Å². The Kier molecular flexibility index (Phi) is 13.1. The van der Waals surface area contributed by atoms with Crippen molar-refractivity contribution in [1.29, 1.82) is 0 Å². The molecular weight excluding hydrogens is 452 g/mol. The summed E-state index contributed by atoms with van der Waals surface area (Å²) in [6.07, 6.45) is 15.1. The molecule has 3 heteroatoms. The van der Waals surface area contributed by atoms with Gasteiger partial charge in [-0.2, -0.15) is 0 Å². The lowest BCUT2D eigenvalue weighted by atomic mass is 9.98. The second kappa shape index (κ2) is 16.6. The molecule has 3 nitrogen and oxygen atoms in total. The molecule has 1 heterocycles. The van der Waals surface area contributed by atoms with Crippen LogP contribution in [0.4, 0.5) is 0 Å². The van der Waals surface area contributed by atoms with E-state index < -0.39 is 6.10 Å². The van der Waals surface area contributed by atoms with Gasteiger partial charge in [-0.3, -0.25) is 0 Å². The van der Waals surface area contributed by atoms with Gasteiger partial charge in [0.1, 0.15) is 0 Å². The van der Waals surface area contributed by atoms with Gasteiger partial charge in [0.05, 0.1) is 17.3 Å². The standard InChI is InChI=1S/C34H50N2O/c1-4-6-8-10-12-17-24-36(25-18-13-11-9-7-5-2)27-33(37)31-26-32(29-21-15-14-16-22-29)35-34-28(3)20-19-23-30(31)34/h14-16,19-23,26,33,37H,4-13,17-18,24-25,27H2,1-3H3. The van der Waals surface area contributed by atoms with Crippen molar-refractivity contribution in [1.82, 2.24) is 9.88 Å². The van der Waals surface area contributed by atoms with Crippen molar-refractivity contribution in [2.24, 2.45) is 0 Å². The van der Waals surface area contributed by atoms with E-state index in [4.69, 9.17) is 4.98 Å². The number of hydrogen-bond donors (Lipinski definition) is 1. The summed E-state index contributed by atoms with van der Waals surface area (Å²) >= 11 is 0. The van der Waals surface area contributed by atoms with Crippen molar-refractivity contribution in [3.8, 4) is 11.3 Å². The van der Waals surface area contributed by atoms with Gasteiger partial charge < -0.3 is 10.0 Å². The van der Waals surface area contributed by atoms with Crippen LogP contribution in [-0.2, 0) is 0 Å². The van der Waals surface area contributed by atoms with E-state index in [2.05, 4.69) is 74.2 Å². The van der Waals surface area contributed by atoms with Crippen LogP contribution in [-0.4, -0.2) is 34.6 Å². The summed E-state index contributed by atoms with van der Waals surface area (Å²) < 4.78 is 0. The summed E-state index contributed by atoms with van der Waals surface area (Å²) in [4.78, 5) is 7.54. The van der Waals surface area contributed by atoms with Crippen LogP contribution in [0.2, 0.25) is 0 Å². The molecule has 1 atom stereocenters. The average molecular weight is 503 g/mol. The summed E-state index contributed by atoms with van der Waals surface area (Å²) in [5, 5.41) is 12.7. The van der Waals surface area contributed by atoms with Crippen molar-refractivity contribution in [2.75, 3.05) is 19.6 Å². The minimum Gasteiger partial charge on any atom is -0.387 e. The number of unbranched alkanes of at least 4 members (excludes halogenated alkanes) is 10. The highest BCUT2D eigenvalue weighted by Crippen LogP contribution is 2.31. The van der Waals surface area contributed by atoms with E-state index >= 15 is 0 Å². The number of aliphatic hydroxyl groups is 1. The molecule has 202 valence electrons. The predicted molar refractivity (Wildman–Crippen MR) is 160 cm³/mol. The van der Waals surface area contributed by atoms with Crippen LogP contribution in [0.25, 0.3) is 22.2 Å². The Balaban J connectivity index is 1.75. The fourth-order valence-corrected chi connectivity index (χ4v) is 5.32. The van der Waals surface area contributed by atoms with Crippen molar-refractivity contribution >= 4 is 10.9 Å². The fourth-order valence-electron chi connectivity index (χ4n) is 5.32. The molecule has 0 saturated carbocycles. The highest BCUT2D eigenvalue weighted by molar-refractivity contribution is 5.88. The molecule has 3 aromatic rings. The largest absolute Gasteiger partial charge is 0.387 e. The second-order valence-corrected chi connectivity index (χ2v) is 10.8. The van der Waals surface area contributed by atoms with E-state index in [0.29, 0.717) is 6.54 Å². The maximum Gasteiger partial charge on any atom is 0.0924 e. The number of rotatable bonds is 18. The smallest absolute Gasteiger partial charge is 0.0924 e. The third-order valence-electron chi connectivity index (χ3n) is 7.59. The number of aryl methyl sites for hydroxylation is 1. The fraction of sp³-hybridized carbons (Fsp3) is 0.559. The molecule has 1 N–H and O–H groups in total. The van der Waals surface area contributed by atoms with Gasteiger partial charge >= 0.3 is 0 Å². The molecule has 2 aromatic carbocycles. The maximum atomic E-state index is 11.6. The van der Waals surface area contributed by atoms with Gasteiger partial charge in [0.15, 0.2) is 0 Å². The molecule has 1 aromatic heterocycles. The molecule has 37 heavy (non-hydrogen) atoms. The zero-order chi connectivity index (χ0) is 26.3. The Morgan fingerprint density at radius 3 is 1.95 bits per heavy atom. The van der Waals surface area contributed by atoms with Crippen LogP contribution in [0.1, 0.15) is 108 Å². The van der Waals surface area contributed by atoms with Crippen molar-refractivity contribution in [3.63, 3.8) is 0 Å². The summed E-state index contributed by atoms with van der Waals surface area (Å²) in [6.45, 7) is 9.50. The Bertz CT molecular complexity index is 1020. The molecule has 1 unspecified atom stereocenters. The van der Waals surface area contributed by atoms with E-state index in [0.717, 1.165) is 46.4 Å². The summed E-state index contributed by atoms with van der Waals surface area (Å²) in [6, 6.07) is 18.8. The van der Waals surface area contributed by atoms with Crippen LogP contribution in [0.3, 0.4) is 0 Å². The first-order chi connectivity index (χ1) is 18.1. The number of aliphatic hydroxyl groups excluding tert-OH is 1. The minimum atomic E-state index is -0.532.